The van der Waals surface area contributed by atoms with Crippen LogP contribution < -0.4 is 5.56 Å². The van der Waals surface area contributed by atoms with Crippen molar-refractivity contribution >= 4 is 17.4 Å². The van der Waals surface area contributed by atoms with Gasteiger partial charge < -0.3 is 4.57 Å². The van der Waals surface area contributed by atoms with Gasteiger partial charge in [0.25, 0.3) is 5.56 Å². The predicted octanol–water partition coefficient (Wildman–Crippen LogP) is 2.46. The SMILES string of the molecule is O=C1CCCc2c1ccc(=O)n2Cc1ccncc1Cl. The number of Topliss-reactive ketones (excluding diaryl/α,β-unsaturated/α-hetero) is 1. The maximum atomic E-state index is 12.1. The molecular weight excluding hydrogens is 276 g/mol. The van der Waals surface area contributed by atoms with Gasteiger partial charge in [-0.25, -0.2) is 0 Å². The Balaban J connectivity index is 2.10. The van der Waals surface area contributed by atoms with E-state index in [9.17, 15) is 9.59 Å². The van der Waals surface area contributed by atoms with Crippen molar-refractivity contribution in [2.45, 2.75) is 25.8 Å². The van der Waals surface area contributed by atoms with Crippen molar-refractivity contribution < 1.29 is 4.79 Å². The van der Waals surface area contributed by atoms with Crippen LogP contribution in [0, 0.1) is 0 Å². The van der Waals surface area contributed by atoms with Gasteiger partial charge in [-0.2, -0.15) is 0 Å². The van der Waals surface area contributed by atoms with Gasteiger partial charge in [-0.15, -0.1) is 0 Å². The predicted molar refractivity (Wildman–Crippen MR) is 76.3 cm³/mol. The summed E-state index contributed by atoms with van der Waals surface area (Å²) < 4.78 is 1.65. The fourth-order valence-electron chi connectivity index (χ4n) is 2.57. The average molecular weight is 289 g/mol. The zero-order valence-electron chi connectivity index (χ0n) is 10.8. The second-order valence-corrected chi connectivity index (χ2v) is 5.27. The summed E-state index contributed by atoms with van der Waals surface area (Å²) in [5, 5.41) is 0.527. The number of aromatic nitrogens is 2. The zero-order valence-corrected chi connectivity index (χ0v) is 11.6. The molecule has 5 heteroatoms. The summed E-state index contributed by atoms with van der Waals surface area (Å²) in [5.41, 5.74) is 2.21. The Morgan fingerprint density at radius 3 is 2.85 bits per heavy atom. The third kappa shape index (κ3) is 2.27. The van der Waals surface area contributed by atoms with Crippen molar-refractivity contribution in [1.29, 1.82) is 0 Å². The molecule has 102 valence electrons. The lowest BCUT2D eigenvalue weighted by Gasteiger charge is -2.20. The summed E-state index contributed by atoms with van der Waals surface area (Å²) in [6.45, 7) is 0.372. The van der Waals surface area contributed by atoms with E-state index >= 15 is 0 Å². The summed E-state index contributed by atoms with van der Waals surface area (Å²) in [6.07, 6.45) is 5.30. The van der Waals surface area contributed by atoms with E-state index in [2.05, 4.69) is 4.98 Å². The van der Waals surface area contributed by atoms with Gasteiger partial charge in [-0.1, -0.05) is 11.6 Å². The molecule has 2 heterocycles. The molecule has 4 nitrogen and oxygen atoms in total. The first-order valence-corrected chi connectivity index (χ1v) is 6.89. The molecule has 0 atom stereocenters. The molecule has 0 aliphatic heterocycles. The molecule has 0 saturated heterocycles. The first kappa shape index (κ1) is 13.1. The maximum absolute atomic E-state index is 12.1. The largest absolute Gasteiger partial charge is 0.307 e. The van der Waals surface area contributed by atoms with E-state index in [4.69, 9.17) is 11.6 Å². The van der Waals surface area contributed by atoms with E-state index in [0.29, 0.717) is 23.6 Å². The Morgan fingerprint density at radius 1 is 1.20 bits per heavy atom. The first-order chi connectivity index (χ1) is 9.66. The van der Waals surface area contributed by atoms with Crippen molar-refractivity contribution in [3.8, 4) is 0 Å². The number of ketones is 1. The molecule has 0 amide bonds. The second kappa shape index (κ2) is 5.21. The molecule has 3 rings (SSSR count). The lowest BCUT2D eigenvalue weighted by Crippen LogP contribution is -2.28. The summed E-state index contributed by atoms with van der Waals surface area (Å²) in [6, 6.07) is 4.89. The van der Waals surface area contributed by atoms with Gasteiger partial charge >= 0.3 is 0 Å². The molecule has 0 saturated carbocycles. The second-order valence-electron chi connectivity index (χ2n) is 4.86. The molecule has 0 spiro atoms. The fourth-order valence-corrected chi connectivity index (χ4v) is 2.75. The van der Waals surface area contributed by atoms with Gasteiger partial charge in [0.1, 0.15) is 0 Å². The molecule has 20 heavy (non-hydrogen) atoms. The lowest BCUT2D eigenvalue weighted by atomic mass is 9.94. The van der Waals surface area contributed by atoms with Gasteiger partial charge in [0, 0.05) is 36.1 Å². The van der Waals surface area contributed by atoms with Crippen molar-refractivity contribution in [1.82, 2.24) is 9.55 Å². The highest BCUT2D eigenvalue weighted by atomic mass is 35.5. The summed E-state index contributed by atoms with van der Waals surface area (Å²) in [5.74, 6) is 0.112. The molecule has 1 aliphatic rings. The molecule has 1 aliphatic carbocycles. The normalized spacial score (nSPS) is 14.2. The van der Waals surface area contributed by atoms with Crippen molar-refractivity contribution in [2.24, 2.45) is 0 Å². The number of fused-ring (bicyclic) bond motifs is 1. The van der Waals surface area contributed by atoms with Crippen LogP contribution in [0.15, 0.2) is 35.4 Å². The van der Waals surface area contributed by atoms with Crippen LogP contribution in [0.3, 0.4) is 0 Å². The monoisotopic (exact) mass is 288 g/mol. The number of rotatable bonds is 2. The minimum Gasteiger partial charge on any atom is -0.307 e. The highest BCUT2D eigenvalue weighted by Gasteiger charge is 2.20. The zero-order chi connectivity index (χ0) is 14.1. The molecular formula is C15H13ClN2O2. The van der Waals surface area contributed by atoms with Crippen LogP contribution in [-0.4, -0.2) is 15.3 Å². The van der Waals surface area contributed by atoms with Crippen molar-refractivity contribution in [2.75, 3.05) is 0 Å². The van der Waals surface area contributed by atoms with Gasteiger partial charge in [0.2, 0.25) is 0 Å². The van der Waals surface area contributed by atoms with E-state index in [0.717, 1.165) is 24.1 Å². The Labute approximate surface area is 121 Å². The minimum absolute atomic E-state index is 0.105. The Kier molecular flexibility index (Phi) is 3.40. The fraction of sp³-hybridized carbons (Fsp3) is 0.267. The van der Waals surface area contributed by atoms with Crippen molar-refractivity contribution in [3.63, 3.8) is 0 Å². The van der Waals surface area contributed by atoms with Crippen LogP contribution in [0.5, 0.6) is 0 Å². The van der Waals surface area contributed by atoms with Crippen molar-refractivity contribution in [3.05, 3.63) is 62.8 Å². The van der Waals surface area contributed by atoms with Gasteiger partial charge in [-0.3, -0.25) is 14.6 Å². The summed E-state index contributed by atoms with van der Waals surface area (Å²) >= 11 is 6.09. The third-order valence-corrected chi connectivity index (χ3v) is 3.94. The molecule has 0 N–H and O–H groups in total. The standard InChI is InChI=1S/C15H13ClN2O2/c16-12-8-17-7-6-10(12)9-18-13-2-1-3-14(19)11(13)4-5-15(18)20/h4-8H,1-3,9H2. The van der Waals surface area contributed by atoms with Crippen LogP contribution in [0.1, 0.15) is 34.5 Å². The molecule has 0 fully saturated rings. The highest BCUT2D eigenvalue weighted by molar-refractivity contribution is 6.31. The minimum atomic E-state index is -0.105. The Hall–Kier alpha value is -1.94. The van der Waals surface area contributed by atoms with E-state index in [1.54, 1.807) is 29.1 Å². The van der Waals surface area contributed by atoms with Crippen LogP contribution in [0.4, 0.5) is 0 Å². The molecule has 0 radical (unpaired) electrons. The average Bonchev–Trinajstić information content (AvgIpc) is 2.44. The number of carbonyl (C=O) groups excluding carboxylic acids is 1. The van der Waals surface area contributed by atoms with Crippen LogP contribution in [0.2, 0.25) is 5.02 Å². The van der Waals surface area contributed by atoms with E-state index in [1.165, 1.54) is 6.07 Å². The Bertz CT molecular complexity index is 737. The molecule has 0 bridgehead atoms. The summed E-state index contributed by atoms with van der Waals surface area (Å²) in [4.78, 5) is 28.0. The lowest BCUT2D eigenvalue weighted by molar-refractivity contribution is 0.0970. The first-order valence-electron chi connectivity index (χ1n) is 6.51. The third-order valence-electron chi connectivity index (χ3n) is 3.60. The summed E-state index contributed by atoms with van der Waals surface area (Å²) in [7, 11) is 0. The van der Waals surface area contributed by atoms with Crippen LogP contribution in [0.25, 0.3) is 0 Å². The quantitative estimate of drug-likeness (QED) is 0.853. The van der Waals surface area contributed by atoms with Gasteiger partial charge in [0.15, 0.2) is 5.78 Å². The van der Waals surface area contributed by atoms with Crippen LogP contribution >= 0.6 is 11.6 Å². The molecule has 0 aromatic carbocycles. The maximum Gasteiger partial charge on any atom is 0.251 e. The van der Waals surface area contributed by atoms with Gasteiger partial charge in [-0.05, 0) is 30.5 Å². The number of halogens is 1. The molecule has 2 aromatic rings. The molecule has 2 aromatic heterocycles. The number of carbonyl (C=O) groups is 1. The van der Waals surface area contributed by atoms with E-state index in [-0.39, 0.29) is 11.3 Å². The van der Waals surface area contributed by atoms with E-state index < -0.39 is 0 Å². The molecule has 0 unspecified atom stereocenters. The number of pyridine rings is 2. The highest BCUT2D eigenvalue weighted by Crippen LogP contribution is 2.21. The van der Waals surface area contributed by atoms with Gasteiger partial charge in [0.05, 0.1) is 11.6 Å². The number of hydrogen-bond acceptors (Lipinski definition) is 3. The number of hydrogen-bond donors (Lipinski definition) is 0. The number of nitrogens with zero attached hydrogens (tertiary/aromatic N) is 2. The smallest absolute Gasteiger partial charge is 0.251 e. The van der Waals surface area contributed by atoms with Crippen LogP contribution in [-0.2, 0) is 13.0 Å². The topological polar surface area (TPSA) is 52.0 Å². The van der Waals surface area contributed by atoms with E-state index in [1.807, 2.05) is 0 Å². The Morgan fingerprint density at radius 2 is 2.05 bits per heavy atom.